The van der Waals surface area contributed by atoms with Gasteiger partial charge in [0.05, 0.1) is 24.0 Å². The van der Waals surface area contributed by atoms with E-state index in [2.05, 4.69) is 5.32 Å². The lowest BCUT2D eigenvalue weighted by atomic mass is 10.0. The van der Waals surface area contributed by atoms with Crippen LogP contribution in [0.3, 0.4) is 0 Å². The summed E-state index contributed by atoms with van der Waals surface area (Å²) < 4.78 is 4.73. The van der Waals surface area contributed by atoms with Crippen LogP contribution >= 0.6 is 0 Å². The fourth-order valence-electron chi connectivity index (χ4n) is 2.86. The Morgan fingerprint density at radius 2 is 2.21 bits per heavy atom. The Kier molecular flexibility index (Phi) is 2.88. The Bertz CT molecular complexity index is 505. The predicted octanol–water partition coefficient (Wildman–Crippen LogP) is 2.66. The molecule has 3 rings (SSSR count). The van der Waals surface area contributed by atoms with Crippen molar-refractivity contribution in [3.63, 3.8) is 0 Å². The molecule has 2 aliphatic carbocycles. The highest BCUT2D eigenvalue weighted by molar-refractivity contribution is 5.98. The number of hydrogen-bond acceptors (Lipinski definition) is 4. The van der Waals surface area contributed by atoms with Crippen LogP contribution in [-0.2, 0) is 4.74 Å². The molecule has 0 saturated heterocycles. The molecule has 0 aromatic heterocycles. The molecule has 4 heteroatoms. The number of carbonyl (C=O) groups excluding carboxylic acids is 1. The molecule has 2 saturated carbocycles. The molecule has 0 spiro atoms. The third kappa shape index (κ3) is 2.27. The maximum atomic E-state index is 11.6. The van der Waals surface area contributed by atoms with E-state index in [0.717, 1.165) is 18.2 Å². The number of hydrogen-bond donors (Lipinski definition) is 2. The lowest BCUT2D eigenvalue weighted by Gasteiger charge is -2.18. The molecule has 3 N–H and O–H groups in total. The quantitative estimate of drug-likeness (QED) is 0.631. The van der Waals surface area contributed by atoms with Crippen LogP contribution in [0.4, 0.5) is 11.4 Å². The number of carbonyl (C=O) groups is 1. The van der Waals surface area contributed by atoms with Gasteiger partial charge in [-0.25, -0.2) is 4.79 Å². The predicted molar refractivity (Wildman–Crippen MR) is 75.1 cm³/mol. The second-order valence-corrected chi connectivity index (χ2v) is 5.75. The highest BCUT2D eigenvalue weighted by atomic mass is 16.5. The zero-order chi connectivity index (χ0) is 13.5. The van der Waals surface area contributed by atoms with Gasteiger partial charge >= 0.3 is 5.97 Å². The molecule has 0 atom stereocenters. The van der Waals surface area contributed by atoms with Gasteiger partial charge in [-0.15, -0.1) is 0 Å². The minimum Gasteiger partial charge on any atom is -0.465 e. The van der Waals surface area contributed by atoms with E-state index >= 15 is 0 Å². The first-order valence-electron chi connectivity index (χ1n) is 6.87. The number of methoxy groups -OCH3 is 1. The Balaban J connectivity index is 1.72. The molecule has 102 valence electrons. The van der Waals surface area contributed by atoms with Crippen LogP contribution in [0.1, 0.15) is 36.0 Å². The molecule has 0 amide bonds. The first-order valence-corrected chi connectivity index (χ1v) is 6.87. The number of nitrogens with two attached hydrogens (primary N) is 1. The maximum absolute atomic E-state index is 11.6. The molecule has 2 aliphatic rings. The summed E-state index contributed by atoms with van der Waals surface area (Å²) in [6.07, 6.45) is 5.39. The van der Waals surface area contributed by atoms with Gasteiger partial charge in [0.25, 0.3) is 0 Å². The van der Waals surface area contributed by atoms with E-state index in [1.54, 1.807) is 6.07 Å². The number of benzene rings is 1. The Labute approximate surface area is 113 Å². The second kappa shape index (κ2) is 4.44. The minimum atomic E-state index is -0.385. The van der Waals surface area contributed by atoms with Gasteiger partial charge in [-0.3, -0.25) is 0 Å². The third-order valence-electron chi connectivity index (χ3n) is 4.48. The summed E-state index contributed by atoms with van der Waals surface area (Å²) in [5.74, 6) is 0.523. The fraction of sp³-hybridized carbons (Fsp3) is 0.533. The molecule has 0 unspecified atom stereocenters. The Morgan fingerprint density at radius 3 is 2.79 bits per heavy atom. The number of nitrogen functional groups attached to an aromatic ring is 1. The zero-order valence-electron chi connectivity index (χ0n) is 11.2. The van der Waals surface area contributed by atoms with Gasteiger partial charge in [-0.2, -0.15) is 0 Å². The molecule has 0 heterocycles. The van der Waals surface area contributed by atoms with E-state index in [1.807, 2.05) is 12.1 Å². The van der Waals surface area contributed by atoms with Gasteiger partial charge in [-0.1, -0.05) is 6.07 Å². The zero-order valence-corrected chi connectivity index (χ0v) is 11.2. The van der Waals surface area contributed by atoms with Crippen molar-refractivity contribution >= 4 is 17.3 Å². The molecular weight excluding hydrogens is 240 g/mol. The lowest BCUT2D eigenvalue weighted by molar-refractivity contribution is 0.0602. The van der Waals surface area contributed by atoms with Crippen LogP contribution < -0.4 is 11.1 Å². The number of rotatable bonds is 5. The van der Waals surface area contributed by atoms with Gasteiger partial charge < -0.3 is 15.8 Å². The van der Waals surface area contributed by atoms with Crippen LogP contribution in [0.5, 0.6) is 0 Å². The largest absolute Gasteiger partial charge is 0.465 e. The van der Waals surface area contributed by atoms with Crippen molar-refractivity contribution in [2.75, 3.05) is 24.7 Å². The maximum Gasteiger partial charge on any atom is 0.340 e. The smallest absolute Gasteiger partial charge is 0.340 e. The summed E-state index contributed by atoms with van der Waals surface area (Å²) in [7, 11) is 1.37. The lowest BCUT2D eigenvalue weighted by Crippen LogP contribution is -2.18. The van der Waals surface area contributed by atoms with Gasteiger partial charge in [0.1, 0.15) is 0 Å². The van der Waals surface area contributed by atoms with Gasteiger partial charge in [0.15, 0.2) is 0 Å². The Morgan fingerprint density at radius 1 is 1.47 bits per heavy atom. The average molecular weight is 260 g/mol. The molecule has 4 nitrogen and oxygen atoms in total. The molecule has 19 heavy (non-hydrogen) atoms. The van der Waals surface area contributed by atoms with Crippen LogP contribution in [-0.4, -0.2) is 19.6 Å². The molecule has 0 bridgehead atoms. The van der Waals surface area contributed by atoms with E-state index in [4.69, 9.17) is 10.5 Å². The monoisotopic (exact) mass is 260 g/mol. The molecule has 1 aromatic carbocycles. The van der Waals surface area contributed by atoms with Crippen LogP contribution in [0.25, 0.3) is 0 Å². The fourth-order valence-corrected chi connectivity index (χ4v) is 2.86. The van der Waals surface area contributed by atoms with E-state index in [1.165, 1.54) is 32.8 Å². The SMILES string of the molecule is COC(=O)c1cccc(NCC2(C3CC3)CC2)c1N. The van der Waals surface area contributed by atoms with E-state index < -0.39 is 0 Å². The standard InChI is InChI=1S/C15H20N2O2/c1-19-14(18)11-3-2-4-12(13(11)16)17-9-15(7-8-15)10-5-6-10/h2-4,10,17H,5-9,16H2,1H3. The highest BCUT2D eigenvalue weighted by Gasteiger charge is 2.53. The van der Waals surface area contributed by atoms with Crippen LogP contribution in [0, 0.1) is 11.3 Å². The summed E-state index contributed by atoms with van der Waals surface area (Å²) >= 11 is 0. The molecule has 0 aliphatic heterocycles. The summed E-state index contributed by atoms with van der Waals surface area (Å²) in [6.45, 7) is 0.965. The topological polar surface area (TPSA) is 64.3 Å². The number of para-hydroxylation sites is 1. The number of anilines is 2. The summed E-state index contributed by atoms with van der Waals surface area (Å²) in [6, 6.07) is 5.45. The average Bonchev–Trinajstić information content (AvgIpc) is 3.28. The van der Waals surface area contributed by atoms with Crippen molar-refractivity contribution < 1.29 is 9.53 Å². The molecular formula is C15H20N2O2. The first-order chi connectivity index (χ1) is 9.16. The summed E-state index contributed by atoms with van der Waals surface area (Å²) in [5.41, 5.74) is 8.31. The van der Waals surface area contributed by atoms with Crippen molar-refractivity contribution in [1.82, 2.24) is 0 Å². The van der Waals surface area contributed by atoms with Gasteiger partial charge in [-0.05, 0) is 49.1 Å². The molecule has 0 radical (unpaired) electrons. The number of esters is 1. The summed E-state index contributed by atoms with van der Waals surface area (Å²) in [5, 5.41) is 3.42. The number of ether oxygens (including phenoxy) is 1. The van der Waals surface area contributed by atoms with Crippen molar-refractivity contribution in [2.45, 2.75) is 25.7 Å². The minimum absolute atomic E-state index is 0.385. The van der Waals surface area contributed by atoms with E-state index in [-0.39, 0.29) is 5.97 Å². The number of nitrogens with one attached hydrogen (secondary N) is 1. The molecule has 1 aromatic rings. The van der Waals surface area contributed by atoms with Crippen molar-refractivity contribution in [3.8, 4) is 0 Å². The van der Waals surface area contributed by atoms with E-state index in [9.17, 15) is 4.79 Å². The highest BCUT2D eigenvalue weighted by Crippen LogP contribution is 2.61. The third-order valence-corrected chi connectivity index (χ3v) is 4.48. The summed E-state index contributed by atoms with van der Waals surface area (Å²) in [4.78, 5) is 11.6. The van der Waals surface area contributed by atoms with Gasteiger partial charge in [0.2, 0.25) is 0 Å². The van der Waals surface area contributed by atoms with Crippen LogP contribution in [0.2, 0.25) is 0 Å². The normalized spacial score (nSPS) is 19.8. The van der Waals surface area contributed by atoms with Crippen LogP contribution in [0.15, 0.2) is 18.2 Å². The van der Waals surface area contributed by atoms with Crippen molar-refractivity contribution in [3.05, 3.63) is 23.8 Å². The van der Waals surface area contributed by atoms with Crippen molar-refractivity contribution in [1.29, 1.82) is 0 Å². The van der Waals surface area contributed by atoms with Gasteiger partial charge in [0, 0.05) is 6.54 Å². The first kappa shape index (κ1) is 12.3. The van der Waals surface area contributed by atoms with Crippen molar-refractivity contribution in [2.24, 2.45) is 11.3 Å². The molecule has 2 fully saturated rings. The van der Waals surface area contributed by atoms with E-state index in [0.29, 0.717) is 16.7 Å². The second-order valence-electron chi connectivity index (χ2n) is 5.75. The Hall–Kier alpha value is -1.71.